The molecule has 1 aromatic heterocycles. The summed E-state index contributed by atoms with van der Waals surface area (Å²) in [5, 5.41) is 10.8. The van der Waals surface area contributed by atoms with Gasteiger partial charge in [0.15, 0.2) is 0 Å². The van der Waals surface area contributed by atoms with Crippen molar-refractivity contribution in [1.82, 2.24) is 0 Å². The number of halogens is 1. The zero-order valence-electron chi connectivity index (χ0n) is 7.16. The number of rotatable bonds is 0. The maximum absolute atomic E-state index is 12.9. The Balaban J connectivity index is 2.87. The highest BCUT2D eigenvalue weighted by Crippen LogP contribution is 2.17. The van der Waals surface area contributed by atoms with Crippen LogP contribution in [0.1, 0.15) is 5.56 Å². The number of hydrogen-bond donors (Lipinski definition) is 1. The number of aryl methyl sites for hydroxylation is 1. The van der Waals surface area contributed by atoms with Crippen LogP contribution in [-0.2, 0) is 0 Å². The third-order valence-corrected chi connectivity index (χ3v) is 2.05. The second-order valence-corrected chi connectivity index (χ2v) is 3.05. The van der Waals surface area contributed by atoms with Crippen LogP contribution in [-0.4, -0.2) is 5.21 Å². The van der Waals surface area contributed by atoms with Crippen LogP contribution in [0.5, 0.6) is 0 Å². The number of nitrogens with zero attached hydrogens (tertiary/aromatic N) is 1. The topological polar surface area (TPSA) is 24.1 Å². The Morgan fingerprint density at radius 3 is 2.92 bits per heavy atom. The summed E-state index contributed by atoms with van der Waals surface area (Å²) in [7, 11) is 0. The Kier molecular flexibility index (Phi) is 1.65. The molecule has 1 aromatic carbocycles. The van der Waals surface area contributed by atoms with Gasteiger partial charge in [0.05, 0.1) is 5.39 Å². The third kappa shape index (κ3) is 1.33. The number of hydrogen-bond acceptors (Lipinski definition) is 1. The van der Waals surface area contributed by atoms with Crippen LogP contribution in [0, 0.1) is 12.7 Å². The molecule has 2 rings (SSSR count). The monoisotopic (exact) mass is 178 g/mol. The summed E-state index contributed by atoms with van der Waals surface area (Å²) < 4.78 is 13.9. The summed E-state index contributed by atoms with van der Waals surface area (Å²) in [6.45, 7) is 1.81. The SMILES string of the molecule is Cc1cc(F)cc2cc[n+](O)cc12. The number of pyridine rings is 1. The van der Waals surface area contributed by atoms with Crippen LogP contribution in [0.15, 0.2) is 30.6 Å². The predicted octanol–water partition coefficient (Wildman–Crippen LogP) is 1.81. The molecule has 0 amide bonds. The summed E-state index contributed by atoms with van der Waals surface area (Å²) in [6.07, 6.45) is 3.03. The molecule has 0 atom stereocenters. The van der Waals surface area contributed by atoms with E-state index in [0.29, 0.717) is 0 Å². The van der Waals surface area contributed by atoms with Gasteiger partial charge in [-0.3, -0.25) is 5.21 Å². The zero-order chi connectivity index (χ0) is 9.42. The fraction of sp³-hybridized carbons (Fsp3) is 0.100. The Hall–Kier alpha value is -1.64. The van der Waals surface area contributed by atoms with Crippen molar-refractivity contribution in [3.05, 3.63) is 42.0 Å². The normalized spacial score (nSPS) is 10.6. The maximum Gasteiger partial charge on any atom is 0.230 e. The molecule has 0 aliphatic rings. The van der Waals surface area contributed by atoms with Gasteiger partial charge in [-0.05, 0) is 30.0 Å². The van der Waals surface area contributed by atoms with E-state index in [1.54, 1.807) is 12.3 Å². The number of fused-ring (bicyclic) bond motifs is 1. The van der Waals surface area contributed by atoms with Crippen LogP contribution in [0.25, 0.3) is 10.8 Å². The van der Waals surface area contributed by atoms with Gasteiger partial charge in [-0.25, -0.2) is 4.39 Å². The molecule has 0 saturated heterocycles. The molecule has 2 nitrogen and oxygen atoms in total. The fourth-order valence-corrected chi connectivity index (χ4v) is 1.43. The van der Waals surface area contributed by atoms with Gasteiger partial charge in [-0.1, -0.05) is 0 Å². The molecule has 1 N–H and O–H groups in total. The van der Waals surface area contributed by atoms with Crippen molar-refractivity contribution < 1.29 is 14.3 Å². The molecule has 0 aliphatic carbocycles. The van der Waals surface area contributed by atoms with Crippen molar-refractivity contribution in [3.8, 4) is 0 Å². The maximum atomic E-state index is 12.9. The van der Waals surface area contributed by atoms with E-state index in [1.165, 1.54) is 18.3 Å². The van der Waals surface area contributed by atoms with Crippen molar-refractivity contribution in [2.24, 2.45) is 0 Å². The zero-order valence-corrected chi connectivity index (χ0v) is 7.16. The van der Waals surface area contributed by atoms with E-state index < -0.39 is 0 Å². The summed E-state index contributed by atoms with van der Waals surface area (Å²) in [4.78, 5) is 0. The highest BCUT2D eigenvalue weighted by molar-refractivity contribution is 5.83. The lowest BCUT2D eigenvalue weighted by Crippen LogP contribution is -2.28. The summed E-state index contributed by atoms with van der Waals surface area (Å²) in [5.41, 5.74) is 0.818. The number of benzene rings is 1. The molecule has 0 aliphatic heterocycles. The van der Waals surface area contributed by atoms with Gasteiger partial charge >= 0.3 is 0 Å². The largest absolute Gasteiger partial charge is 0.285 e. The van der Waals surface area contributed by atoms with E-state index >= 15 is 0 Å². The highest BCUT2D eigenvalue weighted by Gasteiger charge is 2.05. The average Bonchev–Trinajstić information content (AvgIpc) is 2.06. The van der Waals surface area contributed by atoms with Crippen LogP contribution in [0.4, 0.5) is 4.39 Å². The highest BCUT2D eigenvalue weighted by atomic mass is 19.1. The molecule has 3 heteroatoms. The van der Waals surface area contributed by atoms with Crippen LogP contribution < -0.4 is 4.73 Å². The Bertz CT molecular complexity index is 468. The van der Waals surface area contributed by atoms with Gasteiger partial charge in [-0.15, -0.1) is 0 Å². The van der Waals surface area contributed by atoms with Crippen LogP contribution >= 0.6 is 0 Å². The van der Waals surface area contributed by atoms with Crippen molar-refractivity contribution >= 4 is 10.8 Å². The molecular formula is C10H9FNO+. The van der Waals surface area contributed by atoms with Crippen molar-refractivity contribution in [2.75, 3.05) is 0 Å². The first-order valence-electron chi connectivity index (χ1n) is 3.97. The van der Waals surface area contributed by atoms with Gasteiger partial charge in [0, 0.05) is 10.8 Å². The lowest BCUT2D eigenvalue weighted by molar-refractivity contribution is -0.904. The molecule has 0 radical (unpaired) electrons. The van der Waals surface area contributed by atoms with Gasteiger partial charge in [-0.2, -0.15) is 0 Å². The van der Waals surface area contributed by atoms with E-state index in [0.717, 1.165) is 21.1 Å². The number of aromatic nitrogens is 1. The van der Waals surface area contributed by atoms with E-state index in [2.05, 4.69) is 0 Å². The van der Waals surface area contributed by atoms with E-state index in [-0.39, 0.29) is 5.82 Å². The van der Waals surface area contributed by atoms with Crippen molar-refractivity contribution in [2.45, 2.75) is 6.92 Å². The Morgan fingerprint density at radius 1 is 1.38 bits per heavy atom. The molecule has 0 fully saturated rings. The molecular weight excluding hydrogens is 169 g/mol. The average molecular weight is 178 g/mol. The molecule has 0 unspecified atom stereocenters. The summed E-state index contributed by atoms with van der Waals surface area (Å²) in [5.74, 6) is -0.249. The molecule has 0 bridgehead atoms. The minimum absolute atomic E-state index is 0.249. The van der Waals surface area contributed by atoms with E-state index in [4.69, 9.17) is 5.21 Å². The molecule has 13 heavy (non-hydrogen) atoms. The summed E-state index contributed by atoms with van der Waals surface area (Å²) >= 11 is 0. The first-order valence-corrected chi connectivity index (χ1v) is 3.97. The van der Waals surface area contributed by atoms with Gasteiger partial charge in [0.2, 0.25) is 12.4 Å². The van der Waals surface area contributed by atoms with Gasteiger partial charge in [0.25, 0.3) is 0 Å². The summed E-state index contributed by atoms with van der Waals surface area (Å²) in [6, 6.07) is 4.57. The van der Waals surface area contributed by atoms with E-state index in [9.17, 15) is 4.39 Å². The van der Waals surface area contributed by atoms with Gasteiger partial charge in [0.1, 0.15) is 5.82 Å². The van der Waals surface area contributed by atoms with E-state index in [1.807, 2.05) is 6.92 Å². The Labute approximate surface area is 74.8 Å². The molecule has 2 aromatic rings. The molecule has 0 saturated carbocycles. The first kappa shape index (κ1) is 7.98. The Morgan fingerprint density at radius 2 is 2.15 bits per heavy atom. The van der Waals surface area contributed by atoms with Crippen molar-refractivity contribution in [3.63, 3.8) is 0 Å². The van der Waals surface area contributed by atoms with Gasteiger partial charge < -0.3 is 0 Å². The lowest BCUT2D eigenvalue weighted by Gasteiger charge is -1.98. The second kappa shape index (κ2) is 2.69. The third-order valence-electron chi connectivity index (χ3n) is 2.05. The lowest BCUT2D eigenvalue weighted by atomic mass is 10.1. The second-order valence-electron chi connectivity index (χ2n) is 3.05. The molecule has 66 valence electrons. The standard InChI is InChI=1S/C10H9FNO/c1-7-4-9(11)5-8-2-3-12(13)6-10(7)8/h2-6,13H,1H3/q+1. The molecule has 0 spiro atoms. The minimum atomic E-state index is -0.249. The predicted molar refractivity (Wildman–Crippen MR) is 46.0 cm³/mol. The van der Waals surface area contributed by atoms with Crippen LogP contribution in [0.2, 0.25) is 0 Å². The quantitative estimate of drug-likeness (QED) is 0.483. The fourth-order valence-electron chi connectivity index (χ4n) is 1.43. The molecule has 1 heterocycles. The van der Waals surface area contributed by atoms with Crippen LogP contribution in [0.3, 0.4) is 0 Å². The minimum Gasteiger partial charge on any atom is -0.285 e. The first-order chi connectivity index (χ1) is 6.16. The smallest absolute Gasteiger partial charge is 0.230 e. The van der Waals surface area contributed by atoms with Crippen molar-refractivity contribution in [1.29, 1.82) is 0 Å².